The smallest absolute Gasteiger partial charge is 0.261 e. The SMILES string of the molecule is Cn1c(CCC(=O)NCC(=O)NC(C)(C)C)nc2ccccc2c1=O. The minimum Gasteiger partial charge on any atom is -0.350 e. The van der Waals surface area contributed by atoms with Crippen molar-refractivity contribution in [1.82, 2.24) is 20.2 Å². The predicted octanol–water partition coefficient (Wildman–Crippen LogP) is 0.897. The second-order valence-corrected chi connectivity index (χ2v) is 6.98. The Morgan fingerprint density at radius 3 is 2.52 bits per heavy atom. The average molecular weight is 344 g/mol. The van der Waals surface area contributed by atoms with Crippen molar-refractivity contribution >= 4 is 22.7 Å². The summed E-state index contributed by atoms with van der Waals surface area (Å²) in [5, 5.41) is 5.91. The Morgan fingerprint density at radius 2 is 1.84 bits per heavy atom. The summed E-state index contributed by atoms with van der Waals surface area (Å²) in [6.07, 6.45) is 0.477. The molecule has 134 valence electrons. The first kappa shape index (κ1) is 18.6. The fraction of sp³-hybridized carbons (Fsp3) is 0.444. The normalized spacial score (nSPS) is 11.4. The Hall–Kier alpha value is -2.70. The summed E-state index contributed by atoms with van der Waals surface area (Å²) in [7, 11) is 1.64. The van der Waals surface area contributed by atoms with E-state index >= 15 is 0 Å². The van der Waals surface area contributed by atoms with Crippen LogP contribution in [0.25, 0.3) is 10.9 Å². The van der Waals surface area contributed by atoms with Crippen LogP contribution in [0.5, 0.6) is 0 Å². The van der Waals surface area contributed by atoms with Crippen LogP contribution >= 0.6 is 0 Å². The maximum Gasteiger partial charge on any atom is 0.261 e. The van der Waals surface area contributed by atoms with Gasteiger partial charge in [-0.3, -0.25) is 19.0 Å². The Balaban J connectivity index is 1.96. The third-order valence-corrected chi connectivity index (χ3v) is 3.61. The number of carbonyl (C=O) groups is 2. The van der Waals surface area contributed by atoms with Crippen molar-refractivity contribution in [3.8, 4) is 0 Å². The number of aryl methyl sites for hydroxylation is 1. The van der Waals surface area contributed by atoms with Crippen molar-refractivity contribution in [3.63, 3.8) is 0 Å². The van der Waals surface area contributed by atoms with Gasteiger partial charge < -0.3 is 10.6 Å². The number of amides is 2. The number of para-hydroxylation sites is 1. The van der Waals surface area contributed by atoms with Crippen LogP contribution in [0.1, 0.15) is 33.0 Å². The average Bonchev–Trinajstić information content (AvgIpc) is 2.53. The molecule has 0 saturated carbocycles. The standard InChI is InChI=1S/C18H24N4O3/c1-18(2,3)21-16(24)11-19-15(23)10-9-14-20-13-8-6-5-7-12(13)17(25)22(14)4/h5-8H,9-11H2,1-4H3,(H,19,23)(H,21,24). The molecular weight excluding hydrogens is 320 g/mol. The van der Waals surface area contributed by atoms with Gasteiger partial charge in [0.15, 0.2) is 0 Å². The molecule has 2 N–H and O–H groups in total. The summed E-state index contributed by atoms with van der Waals surface area (Å²) in [5.41, 5.74) is 0.144. The van der Waals surface area contributed by atoms with E-state index in [1.54, 1.807) is 25.2 Å². The summed E-state index contributed by atoms with van der Waals surface area (Å²) < 4.78 is 1.46. The minimum atomic E-state index is -0.338. The van der Waals surface area contributed by atoms with Crippen molar-refractivity contribution < 1.29 is 9.59 Å². The zero-order valence-electron chi connectivity index (χ0n) is 15.0. The number of fused-ring (bicyclic) bond motifs is 1. The monoisotopic (exact) mass is 344 g/mol. The lowest BCUT2D eigenvalue weighted by Gasteiger charge is -2.20. The molecule has 0 bridgehead atoms. The lowest BCUT2D eigenvalue weighted by atomic mass is 10.1. The van der Waals surface area contributed by atoms with Gasteiger partial charge in [0, 0.05) is 25.4 Å². The molecule has 0 atom stereocenters. The second-order valence-electron chi connectivity index (χ2n) is 6.98. The van der Waals surface area contributed by atoms with E-state index in [2.05, 4.69) is 15.6 Å². The van der Waals surface area contributed by atoms with Gasteiger partial charge in [0.25, 0.3) is 5.56 Å². The molecule has 7 nitrogen and oxygen atoms in total. The molecule has 2 rings (SSSR count). The van der Waals surface area contributed by atoms with Crippen LogP contribution in [-0.4, -0.2) is 33.4 Å². The van der Waals surface area contributed by atoms with E-state index in [4.69, 9.17) is 0 Å². The first-order valence-corrected chi connectivity index (χ1v) is 8.20. The molecule has 2 amide bonds. The van der Waals surface area contributed by atoms with Crippen molar-refractivity contribution in [3.05, 3.63) is 40.4 Å². The van der Waals surface area contributed by atoms with Crippen LogP contribution in [0.15, 0.2) is 29.1 Å². The lowest BCUT2D eigenvalue weighted by Crippen LogP contribution is -2.45. The molecule has 0 aliphatic carbocycles. The number of aromatic nitrogens is 2. The molecule has 1 aromatic carbocycles. The molecule has 25 heavy (non-hydrogen) atoms. The van der Waals surface area contributed by atoms with E-state index in [9.17, 15) is 14.4 Å². The molecular formula is C18H24N4O3. The first-order valence-electron chi connectivity index (χ1n) is 8.20. The summed E-state index contributed by atoms with van der Waals surface area (Å²) in [6, 6.07) is 7.12. The van der Waals surface area contributed by atoms with Gasteiger partial charge in [-0.2, -0.15) is 0 Å². The zero-order chi connectivity index (χ0) is 18.6. The summed E-state index contributed by atoms with van der Waals surface area (Å²) >= 11 is 0. The molecule has 0 fully saturated rings. The van der Waals surface area contributed by atoms with Gasteiger partial charge in [-0.1, -0.05) is 12.1 Å². The van der Waals surface area contributed by atoms with E-state index in [0.29, 0.717) is 23.1 Å². The van der Waals surface area contributed by atoms with Crippen LogP contribution < -0.4 is 16.2 Å². The van der Waals surface area contributed by atoms with E-state index < -0.39 is 0 Å². The molecule has 1 heterocycles. The fourth-order valence-corrected chi connectivity index (χ4v) is 2.44. The highest BCUT2D eigenvalue weighted by Crippen LogP contribution is 2.08. The summed E-state index contributed by atoms with van der Waals surface area (Å²) in [6.45, 7) is 5.55. The van der Waals surface area contributed by atoms with E-state index in [-0.39, 0.29) is 35.9 Å². The van der Waals surface area contributed by atoms with Crippen LogP contribution in [0.3, 0.4) is 0 Å². The number of hydrogen-bond donors (Lipinski definition) is 2. The van der Waals surface area contributed by atoms with E-state index in [1.165, 1.54) is 4.57 Å². The van der Waals surface area contributed by atoms with Gasteiger partial charge in [0.1, 0.15) is 5.82 Å². The predicted molar refractivity (Wildman–Crippen MR) is 96.2 cm³/mol. The van der Waals surface area contributed by atoms with Gasteiger partial charge in [0.2, 0.25) is 11.8 Å². The number of carbonyl (C=O) groups excluding carboxylic acids is 2. The first-order chi connectivity index (χ1) is 11.7. The molecule has 0 aliphatic rings. The third-order valence-electron chi connectivity index (χ3n) is 3.61. The molecule has 0 unspecified atom stereocenters. The van der Waals surface area contributed by atoms with E-state index in [1.807, 2.05) is 26.8 Å². The highest BCUT2D eigenvalue weighted by atomic mass is 16.2. The van der Waals surface area contributed by atoms with Crippen LogP contribution in [0, 0.1) is 0 Å². The number of rotatable bonds is 5. The maximum absolute atomic E-state index is 12.3. The van der Waals surface area contributed by atoms with E-state index in [0.717, 1.165) is 0 Å². The summed E-state index contributed by atoms with van der Waals surface area (Å²) in [4.78, 5) is 40.4. The Labute approximate surface area is 146 Å². The van der Waals surface area contributed by atoms with Crippen LogP contribution in [-0.2, 0) is 23.1 Å². The van der Waals surface area contributed by atoms with Crippen molar-refractivity contribution in [1.29, 1.82) is 0 Å². The molecule has 0 spiro atoms. The minimum absolute atomic E-state index is 0.0693. The molecule has 0 aliphatic heterocycles. The fourth-order valence-electron chi connectivity index (χ4n) is 2.44. The highest BCUT2D eigenvalue weighted by Gasteiger charge is 2.15. The van der Waals surface area contributed by atoms with Gasteiger partial charge in [-0.15, -0.1) is 0 Å². The van der Waals surface area contributed by atoms with Gasteiger partial charge in [0.05, 0.1) is 17.4 Å². The molecule has 7 heteroatoms. The van der Waals surface area contributed by atoms with Crippen molar-refractivity contribution in [2.45, 2.75) is 39.2 Å². The molecule has 0 saturated heterocycles. The topological polar surface area (TPSA) is 93.1 Å². The molecule has 1 aromatic heterocycles. The maximum atomic E-state index is 12.3. The van der Waals surface area contributed by atoms with Crippen LogP contribution in [0.2, 0.25) is 0 Å². The number of nitrogens with zero attached hydrogens (tertiary/aromatic N) is 2. The van der Waals surface area contributed by atoms with Gasteiger partial charge in [-0.25, -0.2) is 4.98 Å². The lowest BCUT2D eigenvalue weighted by molar-refractivity contribution is -0.126. The Bertz CT molecular complexity index is 850. The van der Waals surface area contributed by atoms with Crippen LogP contribution in [0.4, 0.5) is 0 Å². The van der Waals surface area contributed by atoms with Gasteiger partial charge >= 0.3 is 0 Å². The molecule has 0 radical (unpaired) electrons. The van der Waals surface area contributed by atoms with Gasteiger partial charge in [-0.05, 0) is 32.9 Å². The Morgan fingerprint density at radius 1 is 1.16 bits per heavy atom. The number of nitrogens with one attached hydrogen (secondary N) is 2. The highest BCUT2D eigenvalue weighted by molar-refractivity contribution is 5.85. The third kappa shape index (κ3) is 5.14. The van der Waals surface area contributed by atoms with Crippen molar-refractivity contribution in [2.24, 2.45) is 7.05 Å². The largest absolute Gasteiger partial charge is 0.350 e. The Kier molecular flexibility index (Phi) is 5.56. The molecule has 2 aromatic rings. The number of hydrogen-bond acceptors (Lipinski definition) is 4. The second kappa shape index (κ2) is 7.46. The number of benzene rings is 1. The zero-order valence-corrected chi connectivity index (χ0v) is 15.0. The van der Waals surface area contributed by atoms with Crippen molar-refractivity contribution in [2.75, 3.05) is 6.54 Å². The quantitative estimate of drug-likeness (QED) is 0.843. The summed E-state index contributed by atoms with van der Waals surface area (Å²) in [5.74, 6) is 0.0431.